The minimum atomic E-state index is -0.975. The topological polar surface area (TPSA) is 114 Å². The molecule has 0 aromatic carbocycles. The lowest BCUT2D eigenvalue weighted by molar-refractivity contribution is -0.304. The molecule has 38 heavy (non-hydrogen) atoms. The third kappa shape index (κ3) is 13.4. The van der Waals surface area contributed by atoms with E-state index in [4.69, 9.17) is 9.47 Å². The summed E-state index contributed by atoms with van der Waals surface area (Å²) in [5.41, 5.74) is -0.539. The van der Waals surface area contributed by atoms with Gasteiger partial charge in [-0.05, 0) is 39.0 Å². The molecule has 0 aromatic rings. The summed E-state index contributed by atoms with van der Waals surface area (Å²) in [6, 6.07) is -0.541. The van der Waals surface area contributed by atoms with E-state index in [0.29, 0.717) is 26.0 Å². The average molecular weight is 541 g/mol. The molecule has 1 fully saturated rings. The van der Waals surface area contributed by atoms with Gasteiger partial charge in [-0.15, -0.1) is 0 Å². The van der Waals surface area contributed by atoms with E-state index in [0.717, 1.165) is 12.8 Å². The molecule has 8 nitrogen and oxygen atoms in total. The highest BCUT2D eigenvalue weighted by molar-refractivity contribution is 5.82. The summed E-state index contributed by atoms with van der Waals surface area (Å²) in [6.45, 7) is 14.6. The van der Waals surface area contributed by atoms with Gasteiger partial charge < -0.3 is 25.2 Å². The van der Waals surface area contributed by atoms with Crippen molar-refractivity contribution in [2.75, 3.05) is 13.2 Å². The molecule has 2 amide bonds. The van der Waals surface area contributed by atoms with Gasteiger partial charge in [0, 0.05) is 23.9 Å². The summed E-state index contributed by atoms with van der Waals surface area (Å²) in [5, 5.41) is 15.3. The van der Waals surface area contributed by atoms with Crippen LogP contribution in [-0.2, 0) is 23.9 Å². The molecule has 0 aliphatic carbocycles. The van der Waals surface area contributed by atoms with Gasteiger partial charge in [0.1, 0.15) is 6.10 Å². The van der Waals surface area contributed by atoms with Crippen LogP contribution in [-0.4, -0.2) is 54.0 Å². The van der Waals surface area contributed by atoms with Crippen molar-refractivity contribution in [3.05, 3.63) is 0 Å². The van der Waals surface area contributed by atoms with E-state index in [1.54, 1.807) is 13.8 Å². The Morgan fingerprint density at radius 1 is 0.921 bits per heavy atom. The van der Waals surface area contributed by atoms with Crippen molar-refractivity contribution >= 4 is 17.8 Å². The van der Waals surface area contributed by atoms with Gasteiger partial charge in [-0.2, -0.15) is 0 Å². The Labute approximate surface area is 231 Å². The molecule has 1 aliphatic heterocycles. The number of unbranched alkanes of at least 4 members (excludes halogenated alkanes) is 7. The standard InChI is InChI=1S/C30H56N2O6/c1-8-9-10-11-12-13-14-15-18-24(22(2)3)27(35)31-19-16-17-23(20-25(33)34)32-28(36)26-29(4,5)21-37-30(6,7)38-26/h22-24,26H,8-21H2,1-7H3,(H,31,35)(H,32,36)(H,33,34). The zero-order chi connectivity index (χ0) is 28.8. The molecule has 0 spiro atoms. The van der Waals surface area contributed by atoms with Crippen molar-refractivity contribution in [1.82, 2.24) is 10.6 Å². The van der Waals surface area contributed by atoms with E-state index in [1.807, 2.05) is 13.8 Å². The minimum absolute atomic E-state index is 0.0131. The zero-order valence-corrected chi connectivity index (χ0v) is 25.2. The lowest BCUT2D eigenvalue weighted by Crippen LogP contribution is -2.57. The minimum Gasteiger partial charge on any atom is -0.481 e. The molecule has 3 N–H and O–H groups in total. The van der Waals surface area contributed by atoms with Crippen molar-refractivity contribution in [3.8, 4) is 0 Å². The van der Waals surface area contributed by atoms with Gasteiger partial charge in [0.2, 0.25) is 11.8 Å². The summed E-state index contributed by atoms with van der Waals surface area (Å²) in [7, 11) is 0. The van der Waals surface area contributed by atoms with Gasteiger partial charge in [-0.25, -0.2) is 0 Å². The molecule has 222 valence electrons. The number of hydrogen-bond acceptors (Lipinski definition) is 5. The largest absolute Gasteiger partial charge is 0.481 e. The lowest BCUT2D eigenvalue weighted by atomic mass is 9.85. The van der Waals surface area contributed by atoms with Crippen LogP contribution in [0.2, 0.25) is 0 Å². The fourth-order valence-corrected chi connectivity index (χ4v) is 4.99. The number of rotatable bonds is 19. The second-order valence-electron chi connectivity index (χ2n) is 12.5. The van der Waals surface area contributed by atoms with Crippen LogP contribution in [0.4, 0.5) is 0 Å². The van der Waals surface area contributed by atoms with E-state index < -0.39 is 29.3 Å². The Kier molecular flexibility index (Phi) is 15.5. The Bertz CT molecular complexity index is 722. The fourth-order valence-electron chi connectivity index (χ4n) is 4.99. The summed E-state index contributed by atoms with van der Waals surface area (Å²) in [6.07, 6.45) is 11.0. The number of carbonyl (C=O) groups is 3. The number of hydrogen-bond donors (Lipinski definition) is 3. The van der Waals surface area contributed by atoms with Gasteiger partial charge in [0.25, 0.3) is 0 Å². The molecule has 8 heteroatoms. The summed E-state index contributed by atoms with van der Waals surface area (Å²) in [5.74, 6) is -1.86. The molecule has 0 saturated carbocycles. The zero-order valence-electron chi connectivity index (χ0n) is 25.2. The number of carboxylic acids is 1. The van der Waals surface area contributed by atoms with E-state index in [1.165, 1.54) is 44.9 Å². The Balaban J connectivity index is 2.49. The fraction of sp³-hybridized carbons (Fsp3) is 0.900. The van der Waals surface area contributed by atoms with Crippen molar-refractivity contribution in [3.63, 3.8) is 0 Å². The Morgan fingerprint density at radius 3 is 2.11 bits per heavy atom. The lowest BCUT2D eigenvalue weighted by Gasteiger charge is -2.45. The molecule has 1 heterocycles. The molecule has 0 radical (unpaired) electrons. The Morgan fingerprint density at radius 2 is 1.53 bits per heavy atom. The van der Waals surface area contributed by atoms with Crippen LogP contribution in [0.25, 0.3) is 0 Å². The third-order valence-electron chi connectivity index (χ3n) is 7.45. The first kappa shape index (κ1) is 34.4. The van der Waals surface area contributed by atoms with Gasteiger partial charge in [0.15, 0.2) is 5.79 Å². The van der Waals surface area contributed by atoms with Crippen LogP contribution in [0.5, 0.6) is 0 Å². The van der Waals surface area contributed by atoms with Gasteiger partial charge in [-0.1, -0.05) is 86.0 Å². The number of nitrogens with one attached hydrogen (secondary N) is 2. The van der Waals surface area contributed by atoms with Crippen molar-refractivity contribution in [1.29, 1.82) is 0 Å². The SMILES string of the molecule is CCCCCCCCCCC(C(=O)NCCCC(CC(=O)O)NC(=O)C1OC(C)(C)OCC1(C)C)C(C)C. The highest BCUT2D eigenvalue weighted by Crippen LogP contribution is 2.35. The van der Waals surface area contributed by atoms with Crippen LogP contribution in [0.1, 0.15) is 126 Å². The maximum atomic E-state index is 13.1. The molecule has 1 aliphatic rings. The quantitative estimate of drug-likeness (QED) is 0.178. The highest BCUT2D eigenvalue weighted by Gasteiger charge is 2.46. The number of ether oxygens (including phenoxy) is 2. The van der Waals surface area contributed by atoms with E-state index in [-0.39, 0.29) is 30.1 Å². The maximum absolute atomic E-state index is 13.1. The van der Waals surface area contributed by atoms with E-state index in [2.05, 4.69) is 31.4 Å². The first-order valence-electron chi connectivity index (χ1n) is 14.9. The van der Waals surface area contributed by atoms with Crippen molar-refractivity contribution in [2.45, 2.75) is 143 Å². The molecule has 0 aromatic heterocycles. The molecule has 1 saturated heterocycles. The molecular formula is C30H56N2O6. The first-order valence-corrected chi connectivity index (χ1v) is 14.9. The van der Waals surface area contributed by atoms with Gasteiger partial charge >= 0.3 is 5.97 Å². The molecule has 0 bridgehead atoms. The van der Waals surface area contributed by atoms with Crippen LogP contribution in [0.15, 0.2) is 0 Å². The molecular weight excluding hydrogens is 484 g/mol. The second-order valence-corrected chi connectivity index (χ2v) is 12.5. The number of carboxylic acid groups (broad SMARTS) is 1. The third-order valence-corrected chi connectivity index (χ3v) is 7.45. The average Bonchev–Trinajstić information content (AvgIpc) is 2.81. The molecule has 3 atom stereocenters. The summed E-state index contributed by atoms with van der Waals surface area (Å²) in [4.78, 5) is 37.4. The van der Waals surface area contributed by atoms with Gasteiger partial charge in [0.05, 0.1) is 13.0 Å². The first-order chi connectivity index (χ1) is 17.8. The number of aliphatic carboxylic acids is 1. The smallest absolute Gasteiger partial charge is 0.305 e. The van der Waals surface area contributed by atoms with Crippen molar-refractivity contribution in [2.24, 2.45) is 17.3 Å². The summed E-state index contributed by atoms with van der Waals surface area (Å²) >= 11 is 0. The van der Waals surface area contributed by atoms with E-state index >= 15 is 0 Å². The predicted octanol–water partition coefficient (Wildman–Crippen LogP) is 5.82. The predicted molar refractivity (Wildman–Crippen MR) is 151 cm³/mol. The van der Waals surface area contributed by atoms with Crippen LogP contribution in [0, 0.1) is 17.3 Å². The van der Waals surface area contributed by atoms with Gasteiger partial charge in [-0.3, -0.25) is 14.4 Å². The normalized spacial score (nSPS) is 20.1. The second kappa shape index (κ2) is 17.1. The number of carbonyl (C=O) groups excluding carboxylic acids is 2. The van der Waals surface area contributed by atoms with Crippen LogP contribution in [0.3, 0.4) is 0 Å². The van der Waals surface area contributed by atoms with Crippen LogP contribution >= 0.6 is 0 Å². The number of amides is 2. The summed E-state index contributed by atoms with van der Waals surface area (Å²) < 4.78 is 11.6. The highest BCUT2D eigenvalue weighted by atomic mass is 16.7. The van der Waals surface area contributed by atoms with Crippen LogP contribution < -0.4 is 10.6 Å². The molecule has 3 unspecified atom stereocenters. The molecule has 1 rings (SSSR count). The maximum Gasteiger partial charge on any atom is 0.305 e. The monoisotopic (exact) mass is 540 g/mol. The van der Waals surface area contributed by atoms with Crippen molar-refractivity contribution < 1.29 is 29.0 Å². The Hall–Kier alpha value is -1.67. The van der Waals surface area contributed by atoms with E-state index in [9.17, 15) is 19.5 Å².